The Morgan fingerprint density at radius 2 is 1.88 bits per heavy atom. The van der Waals surface area contributed by atoms with Gasteiger partial charge in [-0.2, -0.15) is 0 Å². The van der Waals surface area contributed by atoms with Crippen molar-refractivity contribution in [2.75, 3.05) is 29.0 Å². The summed E-state index contributed by atoms with van der Waals surface area (Å²) >= 11 is 0. The SMILES string of the molecule is COc1cc(C)ccc1Oc1ccc(NC(=O)/C=C/c2ccc(N3CCCS3(=O)=O)cc2)cn1. The Morgan fingerprint density at radius 3 is 2.53 bits per heavy atom. The molecule has 0 saturated carbocycles. The third-order valence-electron chi connectivity index (χ3n) is 5.25. The van der Waals surface area contributed by atoms with E-state index in [1.807, 2.05) is 25.1 Å². The molecule has 4 rings (SSSR count). The van der Waals surface area contributed by atoms with Gasteiger partial charge in [0.05, 0.1) is 30.4 Å². The third-order valence-corrected chi connectivity index (χ3v) is 7.11. The van der Waals surface area contributed by atoms with Gasteiger partial charge in [-0.3, -0.25) is 9.10 Å². The molecule has 1 aliphatic heterocycles. The first-order chi connectivity index (χ1) is 16.3. The molecule has 1 N–H and O–H groups in total. The normalized spacial score (nSPS) is 14.8. The van der Waals surface area contributed by atoms with Gasteiger partial charge < -0.3 is 14.8 Å². The number of ether oxygens (including phenoxy) is 2. The molecule has 8 nitrogen and oxygen atoms in total. The summed E-state index contributed by atoms with van der Waals surface area (Å²) in [7, 11) is -1.63. The summed E-state index contributed by atoms with van der Waals surface area (Å²) in [6.45, 7) is 2.46. The zero-order valence-electron chi connectivity index (χ0n) is 18.9. The second-order valence-corrected chi connectivity index (χ2v) is 9.81. The van der Waals surface area contributed by atoms with Crippen LogP contribution in [0.15, 0.2) is 66.9 Å². The van der Waals surface area contributed by atoms with E-state index in [0.717, 1.165) is 11.1 Å². The van der Waals surface area contributed by atoms with Crippen molar-refractivity contribution in [1.29, 1.82) is 0 Å². The standard InChI is InChI=1S/C25H25N3O5S/c1-18-4-11-22(23(16-18)32-2)33-25-13-8-20(17-26-25)27-24(29)12-7-19-5-9-21(10-6-19)28-14-3-15-34(28,30)31/h4-13,16-17H,3,14-15H2,1-2H3,(H,27,29)/b12-7+. The number of pyridine rings is 1. The molecule has 1 aromatic heterocycles. The second-order valence-electron chi connectivity index (χ2n) is 7.80. The summed E-state index contributed by atoms with van der Waals surface area (Å²) in [5.41, 5.74) is 2.99. The number of hydrogen-bond acceptors (Lipinski definition) is 6. The number of amides is 1. The van der Waals surface area contributed by atoms with Crippen LogP contribution in [0.3, 0.4) is 0 Å². The lowest BCUT2D eigenvalue weighted by molar-refractivity contribution is -0.111. The fourth-order valence-electron chi connectivity index (χ4n) is 3.52. The molecule has 2 aromatic carbocycles. The van der Waals surface area contributed by atoms with E-state index < -0.39 is 10.0 Å². The van der Waals surface area contributed by atoms with Crippen LogP contribution in [-0.4, -0.2) is 38.7 Å². The van der Waals surface area contributed by atoms with Gasteiger partial charge in [-0.15, -0.1) is 0 Å². The zero-order chi connectivity index (χ0) is 24.1. The number of benzene rings is 2. The molecule has 0 bridgehead atoms. The first-order valence-electron chi connectivity index (χ1n) is 10.7. The van der Waals surface area contributed by atoms with Gasteiger partial charge in [0.2, 0.25) is 21.8 Å². The Kier molecular flexibility index (Phi) is 6.83. The highest BCUT2D eigenvalue weighted by molar-refractivity contribution is 7.93. The molecule has 1 aliphatic rings. The van der Waals surface area contributed by atoms with Gasteiger partial charge in [-0.25, -0.2) is 13.4 Å². The smallest absolute Gasteiger partial charge is 0.248 e. The van der Waals surface area contributed by atoms with Gasteiger partial charge in [0.1, 0.15) is 0 Å². The molecule has 1 saturated heterocycles. The average molecular weight is 480 g/mol. The minimum absolute atomic E-state index is 0.178. The number of carbonyl (C=O) groups excluding carboxylic acids is 1. The molecule has 34 heavy (non-hydrogen) atoms. The maximum Gasteiger partial charge on any atom is 0.248 e. The quantitative estimate of drug-likeness (QED) is 0.505. The van der Waals surface area contributed by atoms with Gasteiger partial charge in [0.25, 0.3) is 0 Å². The Morgan fingerprint density at radius 1 is 1.09 bits per heavy atom. The molecule has 0 atom stereocenters. The lowest BCUT2D eigenvalue weighted by Crippen LogP contribution is -2.24. The molecule has 0 spiro atoms. The lowest BCUT2D eigenvalue weighted by Gasteiger charge is -2.16. The maximum atomic E-state index is 12.3. The summed E-state index contributed by atoms with van der Waals surface area (Å²) in [5, 5.41) is 2.74. The third kappa shape index (κ3) is 5.55. The highest BCUT2D eigenvalue weighted by Crippen LogP contribution is 2.31. The maximum absolute atomic E-state index is 12.3. The van der Waals surface area contributed by atoms with Gasteiger partial charge in [-0.1, -0.05) is 18.2 Å². The Bertz CT molecular complexity index is 1300. The monoisotopic (exact) mass is 479 g/mol. The number of carbonyl (C=O) groups is 1. The Hall–Kier alpha value is -3.85. The number of aryl methyl sites for hydroxylation is 1. The van der Waals surface area contributed by atoms with Crippen LogP contribution in [0.4, 0.5) is 11.4 Å². The average Bonchev–Trinajstić information content (AvgIpc) is 3.19. The number of anilines is 2. The van der Waals surface area contributed by atoms with E-state index in [4.69, 9.17) is 9.47 Å². The highest BCUT2D eigenvalue weighted by Gasteiger charge is 2.28. The van der Waals surface area contributed by atoms with Gasteiger partial charge in [0.15, 0.2) is 11.5 Å². The summed E-state index contributed by atoms with van der Waals surface area (Å²) in [4.78, 5) is 16.5. The molecule has 0 aliphatic carbocycles. The van der Waals surface area contributed by atoms with E-state index in [-0.39, 0.29) is 11.7 Å². The first-order valence-corrected chi connectivity index (χ1v) is 12.3. The molecule has 9 heteroatoms. The Balaban J connectivity index is 1.34. The molecule has 1 amide bonds. The van der Waals surface area contributed by atoms with Crippen molar-refractivity contribution in [2.24, 2.45) is 0 Å². The van der Waals surface area contributed by atoms with Crippen molar-refractivity contribution >= 4 is 33.4 Å². The summed E-state index contributed by atoms with van der Waals surface area (Å²) in [5.74, 6) is 1.39. The molecule has 0 unspecified atom stereocenters. The molecule has 2 heterocycles. The van der Waals surface area contributed by atoms with Crippen LogP contribution >= 0.6 is 0 Å². The molecule has 1 fully saturated rings. The molecular weight excluding hydrogens is 454 g/mol. The van der Waals surface area contributed by atoms with E-state index in [1.165, 1.54) is 16.6 Å². The van der Waals surface area contributed by atoms with Gasteiger partial charge in [0, 0.05) is 18.7 Å². The van der Waals surface area contributed by atoms with Crippen LogP contribution in [0.25, 0.3) is 6.08 Å². The number of nitrogens with zero attached hydrogens (tertiary/aromatic N) is 2. The zero-order valence-corrected chi connectivity index (χ0v) is 19.7. The van der Waals surface area contributed by atoms with Crippen LogP contribution in [0.1, 0.15) is 17.5 Å². The molecule has 3 aromatic rings. The number of aromatic nitrogens is 1. The Labute approximate surface area is 198 Å². The van der Waals surface area contributed by atoms with Crippen LogP contribution in [0.2, 0.25) is 0 Å². The van der Waals surface area contributed by atoms with Crippen molar-refractivity contribution in [2.45, 2.75) is 13.3 Å². The first kappa shape index (κ1) is 23.3. The molecular formula is C25H25N3O5S. The van der Waals surface area contributed by atoms with Gasteiger partial charge >= 0.3 is 0 Å². The number of nitrogens with one attached hydrogen (secondary N) is 1. The number of methoxy groups -OCH3 is 1. The molecule has 176 valence electrons. The fourth-order valence-corrected chi connectivity index (χ4v) is 5.09. The topological polar surface area (TPSA) is 97.8 Å². The van der Waals surface area contributed by atoms with Crippen LogP contribution in [-0.2, 0) is 14.8 Å². The van der Waals surface area contributed by atoms with Crippen LogP contribution in [0.5, 0.6) is 17.4 Å². The van der Waals surface area contributed by atoms with E-state index in [0.29, 0.717) is 41.7 Å². The van der Waals surface area contributed by atoms with Crippen LogP contribution in [0, 0.1) is 6.92 Å². The molecule has 0 radical (unpaired) electrons. The largest absolute Gasteiger partial charge is 0.493 e. The minimum Gasteiger partial charge on any atom is -0.493 e. The van der Waals surface area contributed by atoms with Crippen LogP contribution < -0.4 is 19.1 Å². The van der Waals surface area contributed by atoms with Crippen molar-refractivity contribution in [3.8, 4) is 17.4 Å². The summed E-state index contributed by atoms with van der Waals surface area (Å²) in [6.07, 6.45) is 5.20. The lowest BCUT2D eigenvalue weighted by atomic mass is 10.2. The summed E-state index contributed by atoms with van der Waals surface area (Å²) < 4.78 is 36.6. The predicted molar refractivity (Wildman–Crippen MR) is 132 cm³/mol. The minimum atomic E-state index is -3.21. The van der Waals surface area contributed by atoms with E-state index in [1.54, 1.807) is 49.6 Å². The van der Waals surface area contributed by atoms with E-state index >= 15 is 0 Å². The highest BCUT2D eigenvalue weighted by atomic mass is 32.2. The van der Waals surface area contributed by atoms with Gasteiger partial charge in [-0.05, 0) is 60.9 Å². The number of rotatable bonds is 7. The second kappa shape index (κ2) is 9.96. The van der Waals surface area contributed by atoms with Crippen molar-refractivity contribution in [3.63, 3.8) is 0 Å². The fraction of sp³-hybridized carbons (Fsp3) is 0.200. The van der Waals surface area contributed by atoms with Crippen molar-refractivity contribution in [1.82, 2.24) is 4.98 Å². The van der Waals surface area contributed by atoms with E-state index in [9.17, 15) is 13.2 Å². The van der Waals surface area contributed by atoms with Crippen molar-refractivity contribution < 1.29 is 22.7 Å². The van der Waals surface area contributed by atoms with E-state index in [2.05, 4.69) is 10.3 Å². The summed E-state index contributed by atoms with van der Waals surface area (Å²) in [6, 6.07) is 16.0. The number of hydrogen-bond donors (Lipinski definition) is 1. The predicted octanol–water partition coefficient (Wildman–Crippen LogP) is 4.38. The van der Waals surface area contributed by atoms with Crippen molar-refractivity contribution in [3.05, 3.63) is 78.0 Å². The number of sulfonamides is 1.